The van der Waals surface area contributed by atoms with Gasteiger partial charge in [0.25, 0.3) is 0 Å². The molecule has 1 rings (SSSR count). The summed E-state index contributed by atoms with van der Waals surface area (Å²) in [5, 5.41) is 0. The number of benzene rings is 1. The van der Waals surface area contributed by atoms with Crippen LogP contribution in [0.15, 0.2) is 11.0 Å². The Morgan fingerprint density at radius 1 is 1.10 bits per heavy atom. The van der Waals surface area contributed by atoms with E-state index in [0.29, 0.717) is 0 Å². The van der Waals surface area contributed by atoms with Crippen molar-refractivity contribution in [2.75, 3.05) is 14.1 Å². The molecule has 0 aliphatic carbocycles. The third-order valence-corrected chi connectivity index (χ3v) is 5.52. The van der Waals surface area contributed by atoms with Crippen LogP contribution in [0.1, 0.15) is 29.2 Å². The van der Waals surface area contributed by atoms with Gasteiger partial charge in [0.1, 0.15) is 0 Å². The van der Waals surface area contributed by atoms with Crippen molar-refractivity contribution >= 4 is 15.9 Å². The van der Waals surface area contributed by atoms with E-state index < -0.39 is 16.1 Å². The Morgan fingerprint density at radius 2 is 1.52 bits per heavy atom. The second-order valence-electron chi connectivity index (χ2n) is 5.67. The number of nitrogens with one attached hydrogen (secondary N) is 1. The number of rotatable bonds is 4. The van der Waals surface area contributed by atoms with Crippen LogP contribution in [0.3, 0.4) is 0 Å². The van der Waals surface area contributed by atoms with Crippen LogP contribution in [-0.2, 0) is 14.8 Å². The maximum Gasteiger partial charge on any atom is 0.241 e. The Morgan fingerprint density at radius 3 is 1.90 bits per heavy atom. The molecule has 0 fully saturated rings. The summed E-state index contributed by atoms with van der Waals surface area (Å²) in [6, 6.07) is 1.17. The first-order valence-corrected chi connectivity index (χ1v) is 8.28. The number of hydrogen-bond acceptors (Lipinski definition) is 3. The van der Waals surface area contributed by atoms with Crippen LogP contribution in [0.2, 0.25) is 0 Å². The van der Waals surface area contributed by atoms with Gasteiger partial charge in [-0.15, -0.1) is 0 Å². The third-order valence-electron chi connectivity index (χ3n) is 3.71. The van der Waals surface area contributed by atoms with Crippen molar-refractivity contribution in [3.63, 3.8) is 0 Å². The minimum atomic E-state index is -3.74. The molecule has 0 saturated heterocycles. The molecular formula is C15H24N2O3S. The SMILES string of the molecule is Cc1cc(C)c(C)c(S(=O)(=O)N[C@@H](C)C(=O)N(C)C)c1C. The Kier molecular flexibility index (Phi) is 5.17. The molecule has 1 aromatic carbocycles. The maximum absolute atomic E-state index is 12.6. The van der Waals surface area contributed by atoms with Crippen molar-refractivity contribution in [1.29, 1.82) is 0 Å². The molecule has 0 bridgehead atoms. The van der Waals surface area contributed by atoms with Crippen LogP contribution in [0.4, 0.5) is 0 Å². The molecule has 1 atom stereocenters. The van der Waals surface area contributed by atoms with Crippen molar-refractivity contribution in [3.8, 4) is 0 Å². The summed E-state index contributed by atoms with van der Waals surface area (Å²) in [7, 11) is -0.547. The lowest BCUT2D eigenvalue weighted by Crippen LogP contribution is -2.44. The van der Waals surface area contributed by atoms with Gasteiger partial charge in [-0.3, -0.25) is 4.79 Å². The molecule has 0 heterocycles. The predicted octanol–water partition coefficient (Wildman–Crippen LogP) is 1.68. The van der Waals surface area contributed by atoms with E-state index in [4.69, 9.17) is 0 Å². The molecule has 1 amide bonds. The van der Waals surface area contributed by atoms with E-state index in [-0.39, 0.29) is 10.8 Å². The van der Waals surface area contributed by atoms with Gasteiger partial charge in [0.2, 0.25) is 15.9 Å². The Labute approximate surface area is 127 Å². The fraction of sp³-hybridized carbons (Fsp3) is 0.533. The minimum absolute atomic E-state index is 0.276. The zero-order valence-electron chi connectivity index (χ0n) is 13.7. The number of aryl methyl sites for hydroxylation is 2. The molecule has 21 heavy (non-hydrogen) atoms. The quantitative estimate of drug-likeness (QED) is 0.920. The maximum atomic E-state index is 12.6. The number of carbonyl (C=O) groups is 1. The van der Waals surface area contributed by atoms with Gasteiger partial charge in [-0.25, -0.2) is 8.42 Å². The Bertz CT molecular complexity index is 638. The first kappa shape index (κ1) is 17.7. The first-order valence-electron chi connectivity index (χ1n) is 6.80. The van der Waals surface area contributed by atoms with Crippen LogP contribution in [0.25, 0.3) is 0 Å². The molecule has 0 aromatic heterocycles. The number of sulfonamides is 1. The van der Waals surface area contributed by atoms with Gasteiger partial charge in [-0.1, -0.05) is 6.07 Å². The van der Waals surface area contributed by atoms with Gasteiger partial charge in [0.15, 0.2) is 0 Å². The van der Waals surface area contributed by atoms with Crippen molar-refractivity contribution in [3.05, 3.63) is 28.3 Å². The molecule has 1 N–H and O–H groups in total. The van der Waals surface area contributed by atoms with Gasteiger partial charge in [0.05, 0.1) is 10.9 Å². The van der Waals surface area contributed by atoms with E-state index in [1.807, 2.05) is 19.9 Å². The van der Waals surface area contributed by atoms with Crippen molar-refractivity contribution < 1.29 is 13.2 Å². The molecule has 0 radical (unpaired) electrons. The van der Waals surface area contributed by atoms with Gasteiger partial charge >= 0.3 is 0 Å². The molecule has 0 aliphatic rings. The van der Waals surface area contributed by atoms with Crippen molar-refractivity contribution in [2.24, 2.45) is 0 Å². The van der Waals surface area contributed by atoms with Gasteiger partial charge < -0.3 is 4.90 Å². The number of carbonyl (C=O) groups excluding carboxylic acids is 1. The average Bonchev–Trinajstić information content (AvgIpc) is 2.34. The minimum Gasteiger partial charge on any atom is -0.347 e. The molecule has 118 valence electrons. The normalized spacial score (nSPS) is 13.1. The first-order chi connectivity index (χ1) is 9.49. The molecule has 0 saturated carbocycles. The van der Waals surface area contributed by atoms with Crippen molar-refractivity contribution in [2.45, 2.75) is 45.6 Å². The highest BCUT2D eigenvalue weighted by molar-refractivity contribution is 7.89. The zero-order chi connectivity index (χ0) is 16.5. The second kappa shape index (κ2) is 6.15. The molecule has 6 heteroatoms. The molecule has 0 unspecified atom stereocenters. The summed E-state index contributed by atoms with van der Waals surface area (Å²) in [6.07, 6.45) is 0. The molecule has 0 aliphatic heterocycles. The summed E-state index contributed by atoms with van der Waals surface area (Å²) < 4.78 is 27.7. The Hall–Kier alpha value is -1.40. The van der Waals surface area contributed by atoms with E-state index in [9.17, 15) is 13.2 Å². The number of nitrogens with zero attached hydrogens (tertiary/aromatic N) is 1. The fourth-order valence-corrected chi connectivity index (χ4v) is 4.13. The largest absolute Gasteiger partial charge is 0.347 e. The second-order valence-corrected chi connectivity index (χ2v) is 7.32. The highest BCUT2D eigenvalue weighted by atomic mass is 32.2. The lowest BCUT2D eigenvalue weighted by molar-refractivity contribution is -0.130. The molecule has 1 aromatic rings. The van der Waals surface area contributed by atoms with Gasteiger partial charge in [0, 0.05) is 14.1 Å². The van der Waals surface area contributed by atoms with E-state index in [1.54, 1.807) is 34.9 Å². The van der Waals surface area contributed by atoms with E-state index in [2.05, 4.69) is 4.72 Å². The topological polar surface area (TPSA) is 66.5 Å². The highest BCUT2D eigenvalue weighted by Gasteiger charge is 2.26. The fourth-order valence-electron chi connectivity index (χ4n) is 2.31. The predicted molar refractivity (Wildman–Crippen MR) is 83.9 cm³/mol. The Balaban J connectivity index is 3.30. The third kappa shape index (κ3) is 3.63. The van der Waals surface area contributed by atoms with Gasteiger partial charge in [-0.05, 0) is 56.9 Å². The smallest absolute Gasteiger partial charge is 0.241 e. The van der Waals surface area contributed by atoms with Crippen LogP contribution in [0.5, 0.6) is 0 Å². The van der Waals surface area contributed by atoms with Gasteiger partial charge in [-0.2, -0.15) is 4.72 Å². The van der Waals surface area contributed by atoms with Crippen LogP contribution in [0, 0.1) is 27.7 Å². The monoisotopic (exact) mass is 312 g/mol. The van der Waals surface area contributed by atoms with E-state index >= 15 is 0 Å². The average molecular weight is 312 g/mol. The summed E-state index contributed by atoms with van der Waals surface area (Å²) in [5.41, 5.74) is 3.28. The van der Waals surface area contributed by atoms with Crippen LogP contribution >= 0.6 is 0 Å². The number of amides is 1. The van der Waals surface area contributed by atoms with Crippen molar-refractivity contribution in [1.82, 2.24) is 9.62 Å². The summed E-state index contributed by atoms with van der Waals surface area (Å²) in [6.45, 7) is 8.89. The van der Waals surface area contributed by atoms with Crippen LogP contribution in [-0.4, -0.2) is 39.4 Å². The molecular weight excluding hydrogens is 288 g/mol. The lowest BCUT2D eigenvalue weighted by Gasteiger charge is -2.21. The summed E-state index contributed by atoms with van der Waals surface area (Å²) in [4.78, 5) is 13.5. The standard InChI is InChI=1S/C15H24N2O3S/c1-9-8-10(2)12(4)14(11(9)3)21(19,20)16-13(5)15(18)17(6)7/h8,13,16H,1-7H3/t13-/m0/s1. The molecule has 5 nitrogen and oxygen atoms in total. The van der Waals surface area contributed by atoms with Crippen LogP contribution < -0.4 is 4.72 Å². The molecule has 0 spiro atoms. The van der Waals surface area contributed by atoms with E-state index in [1.165, 1.54) is 4.90 Å². The highest BCUT2D eigenvalue weighted by Crippen LogP contribution is 2.26. The number of hydrogen-bond donors (Lipinski definition) is 1. The lowest BCUT2D eigenvalue weighted by atomic mass is 10.0. The zero-order valence-corrected chi connectivity index (χ0v) is 14.6. The van der Waals surface area contributed by atoms with E-state index in [0.717, 1.165) is 22.3 Å². The summed E-state index contributed by atoms with van der Waals surface area (Å²) in [5.74, 6) is -0.279. The summed E-state index contributed by atoms with van der Waals surface area (Å²) >= 11 is 0. The number of likely N-dealkylation sites (N-methyl/N-ethyl adjacent to an activating group) is 1.